The maximum absolute atomic E-state index is 12.1. The molecule has 0 spiro atoms. The molecule has 0 bridgehead atoms. The van der Waals surface area contributed by atoms with Gasteiger partial charge in [-0.3, -0.25) is 4.79 Å². The van der Waals surface area contributed by atoms with Crippen LogP contribution in [0.25, 0.3) is 0 Å². The molecule has 0 fully saturated rings. The topological polar surface area (TPSA) is 50.4 Å². The Morgan fingerprint density at radius 3 is 2.72 bits per heavy atom. The predicted octanol–water partition coefficient (Wildman–Crippen LogP) is 2.19. The highest BCUT2D eigenvalue weighted by molar-refractivity contribution is 5.94. The van der Waals surface area contributed by atoms with Crippen LogP contribution in [-0.4, -0.2) is 26.6 Å². The highest BCUT2D eigenvalue weighted by Crippen LogP contribution is 2.25. The van der Waals surface area contributed by atoms with Gasteiger partial charge in [0.05, 0.1) is 18.7 Å². The van der Waals surface area contributed by atoms with Gasteiger partial charge < -0.3 is 15.4 Å². The fraction of sp³-hybridized carbons (Fsp3) is 0.500. The summed E-state index contributed by atoms with van der Waals surface area (Å²) in [4.78, 5) is 12.1. The Morgan fingerprint density at radius 1 is 1.44 bits per heavy atom. The van der Waals surface area contributed by atoms with E-state index in [0.29, 0.717) is 12.3 Å². The van der Waals surface area contributed by atoms with E-state index < -0.39 is 0 Å². The molecule has 1 atom stereocenters. The van der Waals surface area contributed by atoms with Crippen LogP contribution in [0.15, 0.2) is 18.2 Å². The van der Waals surface area contributed by atoms with Gasteiger partial charge in [-0.15, -0.1) is 0 Å². The SMILES string of the molecule is CCC(CNC)C(=O)Nc1cc(C)ccc1OC. The van der Waals surface area contributed by atoms with Crippen molar-refractivity contribution < 1.29 is 9.53 Å². The molecule has 1 aromatic rings. The summed E-state index contributed by atoms with van der Waals surface area (Å²) in [6.45, 7) is 4.67. The lowest BCUT2D eigenvalue weighted by atomic mass is 10.1. The molecule has 18 heavy (non-hydrogen) atoms. The van der Waals surface area contributed by atoms with Crippen molar-refractivity contribution in [3.63, 3.8) is 0 Å². The lowest BCUT2D eigenvalue weighted by Crippen LogP contribution is -2.30. The number of ether oxygens (including phenoxy) is 1. The zero-order valence-corrected chi connectivity index (χ0v) is 11.5. The number of methoxy groups -OCH3 is 1. The van der Waals surface area contributed by atoms with E-state index in [0.717, 1.165) is 17.7 Å². The maximum atomic E-state index is 12.1. The normalized spacial score (nSPS) is 12.0. The van der Waals surface area contributed by atoms with Crippen molar-refractivity contribution in [3.05, 3.63) is 23.8 Å². The molecule has 2 N–H and O–H groups in total. The fourth-order valence-electron chi connectivity index (χ4n) is 1.82. The second-order valence-corrected chi connectivity index (χ2v) is 4.36. The van der Waals surface area contributed by atoms with Gasteiger partial charge in [0, 0.05) is 6.54 Å². The summed E-state index contributed by atoms with van der Waals surface area (Å²) in [5.41, 5.74) is 1.82. The summed E-state index contributed by atoms with van der Waals surface area (Å²) in [6.07, 6.45) is 0.806. The first-order chi connectivity index (χ1) is 8.62. The minimum atomic E-state index is -0.0276. The Labute approximate surface area is 109 Å². The maximum Gasteiger partial charge on any atom is 0.228 e. The van der Waals surface area contributed by atoms with Crippen molar-refractivity contribution in [1.29, 1.82) is 0 Å². The monoisotopic (exact) mass is 250 g/mol. The Bertz CT molecular complexity index is 405. The number of aryl methyl sites for hydroxylation is 1. The van der Waals surface area contributed by atoms with E-state index in [1.165, 1.54) is 0 Å². The van der Waals surface area contributed by atoms with E-state index in [1.54, 1.807) is 7.11 Å². The molecule has 4 nitrogen and oxygen atoms in total. The number of hydrogen-bond donors (Lipinski definition) is 2. The van der Waals surface area contributed by atoms with Gasteiger partial charge in [-0.05, 0) is 38.1 Å². The molecule has 1 aromatic carbocycles. The largest absolute Gasteiger partial charge is 0.495 e. The molecular formula is C14H22N2O2. The Hall–Kier alpha value is -1.55. The third-order valence-corrected chi connectivity index (χ3v) is 2.93. The van der Waals surface area contributed by atoms with E-state index in [9.17, 15) is 4.79 Å². The smallest absolute Gasteiger partial charge is 0.228 e. The van der Waals surface area contributed by atoms with Crippen LogP contribution in [-0.2, 0) is 4.79 Å². The van der Waals surface area contributed by atoms with Gasteiger partial charge in [-0.25, -0.2) is 0 Å². The molecule has 0 aliphatic rings. The van der Waals surface area contributed by atoms with Crippen molar-refractivity contribution in [1.82, 2.24) is 5.32 Å². The summed E-state index contributed by atoms with van der Waals surface area (Å²) >= 11 is 0. The molecular weight excluding hydrogens is 228 g/mol. The number of amides is 1. The number of anilines is 1. The van der Waals surface area contributed by atoms with Crippen molar-refractivity contribution in [2.45, 2.75) is 20.3 Å². The van der Waals surface area contributed by atoms with Crippen LogP contribution in [0.1, 0.15) is 18.9 Å². The number of rotatable bonds is 6. The number of carbonyl (C=O) groups is 1. The molecule has 0 saturated heterocycles. The van der Waals surface area contributed by atoms with Gasteiger partial charge in [0.25, 0.3) is 0 Å². The summed E-state index contributed by atoms with van der Waals surface area (Å²) in [5, 5.41) is 5.97. The zero-order valence-electron chi connectivity index (χ0n) is 11.5. The Balaban J connectivity index is 2.82. The van der Waals surface area contributed by atoms with Gasteiger partial charge in [-0.2, -0.15) is 0 Å². The number of benzene rings is 1. The van der Waals surface area contributed by atoms with Crippen LogP contribution in [0, 0.1) is 12.8 Å². The van der Waals surface area contributed by atoms with Crippen molar-refractivity contribution in [3.8, 4) is 5.75 Å². The Morgan fingerprint density at radius 2 is 2.17 bits per heavy atom. The second kappa shape index (κ2) is 7.01. The quantitative estimate of drug-likeness (QED) is 0.813. The van der Waals surface area contributed by atoms with E-state index >= 15 is 0 Å². The second-order valence-electron chi connectivity index (χ2n) is 4.36. The van der Waals surface area contributed by atoms with Gasteiger partial charge in [0.2, 0.25) is 5.91 Å². The molecule has 1 unspecified atom stereocenters. The van der Waals surface area contributed by atoms with Gasteiger partial charge in [0.1, 0.15) is 5.75 Å². The highest BCUT2D eigenvalue weighted by Gasteiger charge is 2.17. The first-order valence-electron chi connectivity index (χ1n) is 6.22. The summed E-state index contributed by atoms with van der Waals surface area (Å²) in [7, 11) is 3.45. The first kappa shape index (κ1) is 14.5. The molecule has 0 aliphatic carbocycles. The lowest BCUT2D eigenvalue weighted by Gasteiger charge is -2.16. The van der Waals surface area contributed by atoms with Crippen LogP contribution >= 0.6 is 0 Å². The summed E-state index contributed by atoms with van der Waals surface area (Å²) in [6, 6.07) is 5.74. The van der Waals surface area contributed by atoms with E-state index in [-0.39, 0.29) is 11.8 Å². The minimum Gasteiger partial charge on any atom is -0.495 e. The predicted molar refractivity (Wildman–Crippen MR) is 74.1 cm³/mol. The molecule has 100 valence electrons. The van der Waals surface area contributed by atoms with E-state index in [4.69, 9.17) is 4.74 Å². The van der Waals surface area contributed by atoms with Crippen molar-refractivity contribution in [2.75, 3.05) is 26.0 Å². The van der Waals surface area contributed by atoms with Gasteiger partial charge >= 0.3 is 0 Å². The standard InChI is InChI=1S/C14H22N2O2/c1-5-11(9-15-3)14(17)16-12-8-10(2)6-7-13(12)18-4/h6-8,11,15H,5,9H2,1-4H3,(H,16,17). The summed E-state index contributed by atoms with van der Waals surface area (Å²) in [5.74, 6) is 0.684. The van der Waals surface area contributed by atoms with Gasteiger partial charge in [0.15, 0.2) is 0 Å². The van der Waals surface area contributed by atoms with Gasteiger partial charge in [-0.1, -0.05) is 13.0 Å². The van der Waals surface area contributed by atoms with Crippen LogP contribution in [0.3, 0.4) is 0 Å². The molecule has 0 radical (unpaired) electrons. The van der Waals surface area contributed by atoms with Crippen LogP contribution in [0.2, 0.25) is 0 Å². The molecule has 1 rings (SSSR count). The number of hydrogen-bond acceptors (Lipinski definition) is 3. The third-order valence-electron chi connectivity index (χ3n) is 2.93. The Kier molecular flexibility index (Phi) is 5.65. The average Bonchev–Trinajstić information content (AvgIpc) is 2.36. The van der Waals surface area contributed by atoms with Crippen LogP contribution in [0.4, 0.5) is 5.69 Å². The molecule has 0 aliphatic heterocycles. The summed E-state index contributed by atoms with van der Waals surface area (Å²) < 4.78 is 5.24. The average molecular weight is 250 g/mol. The molecule has 0 aromatic heterocycles. The highest BCUT2D eigenvalue weighted by atomic mass is 16.5. The van der Waals surface area contributed by atoms with Crippen LogP contribution < -0.4 is 15.4 Å². The first-order valence-corrected chi connectivity index (χ1v) is 6.22. The molecule has 0 heterocycles. The van der Waals surface area contributed by atoms with Crippen molar-refractivity contribution >= 4 is 11.6 Å². The zero-order chi connectivity index (χ0) is 13.5. The third kappa shape index (κ3) is 3.74. The fourth-order valence-corrected chi connectivity index (χ4v) is 1.82. The molecule has 0 saturated carbocycles. The minimum absolute atomic E-state index is 0.0238. The van der Waals surface area contributed by atoms with E-state index in [2.05, 4.69) is 10.6 Å². The van der Waals surface area contributed by atoms with E-state index in [1.807, 2.05) is 39.1 Å². The number of carbonyl (C=O) groups excluding carboxylic acids is 1. The van der Waals surface area contributed by atoms with Crippen LogP contribution in [0.5, 0.6) is 5.75 Å². The lowest BCUT2D eigenvalue weighted by molar-refractivity contribution is -0.119. The molecule has 1 amide bonds. The number of nitrogens with one attached hydrogen (secondary N) is 2. The molecule has 4 heteroatoms. The van der Waals surface area contributed by atoms with Crippen molar-refractivity contribution in [2.24, 2.45) is 5.92 Å².